The molecule has 20 heavy (non-hydrogen) atoms. The summed E-state index contributed by atoms with van der Waals surface area (Å²) in [5.41, 5.74) is 1.12. The summed E-state index contributed by atoms with van der Waals surface area (Å²) in [5, 5.41) is 9.63. The summed E-state index contributed by atoms with van der Waals surface area (Å²) >= 11 is 5.96. The Morgan fingerprint density at radius 3 is 2.55 bits per heavy atom. The molecule has 0 unspecified atom stereocenters. The highest BCUT2D eigenvalue weighted by Gasteiger charge is 2.28. The van der Waals surface area contributed by atoms with Gasteiger partial charge in [0.1, 0.15) is 0 Å². The standard InChI is InChI=1S/C14H20ClNO3S/c1-10-12(9-17)6-13(15)7-14(10)20(18,19)16(2)8-11-4-3-5-11/h6-7,11,17H,3-5,8-9H2,1-2H3. The van der Waals surface area contributed by atoms with Gasteiger partial charge in [-0.25, -0.2) is 12.7 Å². The van der Waals surface area contributed by atoms with Crippen LogP contribution >= 0.6 is 11.6 Å². The molecule has 1 aromatic rings. The zero-order chi connectivity index (χ0) is 14.9. The Kier molecular flexibility index (Phi) is 4.74. The normalized spacial score (nSPS) is 16.4. The largest absolute Gasteiger partial charge is 0.392 e. The Morgan fingerprint density at radius 1 is 1.40 bits per heavy atom. The molecule has 1 fully saturated rings. The van der Waals surface area contributed by atoms with Crippen LogP contribution in [0.1, 0.15) is 30.4 Å². The number of rotatable bonds is 5. The molecule has 4 nitrogen and oxygen atoms in total. The van der Waals surface area contributed by atoms with Crippen molar-refractivity contribution in [3.8, 4) is 0 Å². The highest BCUT2D eigenvalue weighted by atomic mass is 35.5. The average molecular weight is 318 g/mol. The van der Waals surface area contributed by atoms with Crippen molar-refractivity contribution in [3.05, 3.63) is 28.3 Å². The van der Waals surface area contributed by atoms with Crippen LogP contribution in [-0.2, 0) is 16.6 Å². The quantitative estimate of drug-likeness (QED) is 0.908. The van der Waals surface area contributed by atoms with Gasteiger partial charge in [-0.15, -0.1) is 0 Å². The molecule has 0 aromatic heterocycles. The second-order valence-corrected chi connectivity index (χ2v) is 7.88. The lowest BCUT2D eigenvalue weighted by Crippen LogP contribution is -2.34. The average Bonchev–Trinajstić information content (AvgIpc) is 2.35. The van der Waals surface area contributed by atoms with E-state index < -0.39 is 10.0 Å². The predicted molar refractivity (Wildman–Crippen MR) is 79.3 cm³/mol. The molecular weight excluding hydrogens is 298 g/mol. The van der Waals surface area contributed by atoms with Crippen molar-refractivity contribution in [1.82, 2.24) is 4.31 Å². The number of sulfonamides is 1. The first-order chi connectivity index (χ1) is 9.36. The number of nitrogens with zero attached hydrogens (tertiary/aromatic N) is 1. The van der Waals surface area contributed by atoms with E-state index in [4.69, 9.17) is 11.6 Å². The van der Waals surface area contributed by atoms with E-state index in [0.29, 0.717) is 28.6 Å². The topological polar surface area (TPSA) is 57.6 Å². The zero-order valence-corrected chi connectivity index (χ0v) is 13.3. The van der Waals surface area contributed by atoms with Crippen molar-refractivity contribution >= 4 is 21.6 Å². The number of benzene rings is 1. The van der Waals surface area contributed by atoms with E-state index >= 15 is 0 Å². The molecule has 0 atom stereocenters. The fourth-order valence-electron chi connectivity index (χ4n) is 2.45. The van der Waals surface area contributed by atoms with Crippen LogP contribution in [0.4, 0.5) is 0 Å². The second kappa shape index (κ2) is 6.02. The van der Waals surface area contributed by atoms with Crippen molar-refractivity contribution < 1.29 is 13.5 Å². The van der Waals surface area contributed by atoms with Gasteiger partial charge in [0.15, 0.2) is 0 Å². The lowest BCUT2D eigenvalue weighted by molar-refractivity contribution is 0.262. The molecule has 0 spiro atoms. The van der Waals surface area contributed by atoms with Crippen LogP contribution in [0.2, 0.25) is 5.02 Å². The molecule has 0 radical (unpaired) electrons. The number of aliphatic hydroxyl groups excluding tert-OH is 1. The summed E-state index contributed by atoms with van der Waals surface area (Å²) in [7, 11) is -1.95. The van der Waals surface area contributed by atoms with E-state index in [1.54, 1.807) is 20.0 Å². The van der Waals surface area contributed by atoms with Crippen molar-refractivity contribution in [2.45, 2.75) is 37.7 Å². The maximum atomic E-state index is 12.6. The Bertz CT molecular complexity index is 597. The molecule has 0 saturated heterocycles. The van der Waals surface area contributed by atoms with Crippen LogP contribution in [0, 0.1) is 12.8 Å². The van der Waals surface area contributed by atoms with Gasteiger partial charge >= 0.3 is 0 Å². The van der Waals surface area contributed by atoms with Crippen LogP contribution in [0.25, 0.3) is 0 Å². The van der Waals surface area contributed by atoms with Gasteiger partial charge in [0, 0.05) is 18.6 Å². The Morgan fingerprint density at radius 2 is 2.05 bits per heavy atom. The van der Waals surface area contributed by atoms with Crippen molar-refractivity contribution in [2.75, 3.05) is 13.6 Å². The molecular formula is C14H20ClNO3S. The summed E-state index contributed by atoms with van der Waals surface area (Å²) in [5.74, 6) is 0.464. The lowest BCUT2D eigenvalue weighted by atomic mass is 9.86. The minimum Gasteiger partial charge on any atom is -0.392 e. The third-order valence-corrected chi connectivity index (χ3v) is 6.20. The summed E-state index contributed by atoms with van der Waals surface area (Å²) in [6, 6.07) is 3.06. The highest BCUT2D eigenvalue weighted by Crippen LogP contribution is 2.30. The number of halogens is 1. The van der Waals surface area contributed by atoms with E-state index in [-0.39, 0.29) is 11.5 Å². The molecule has 1 aliphatic carbocycles. The Balaban J connectivity index is 2.35. The number of hydrogen-bond donors (Lipinski definition) is 1. The van der Waals surface area contributed by atoms with Gasteiger partial charge in [-0.1, -0.05) is 18.0 Å². The van der Waals surface area contributed by atoms with Crippen LogP contribution < -0.4 is 0 Å². The first-order valence-electron chi connectivity index (χ1n) is 6.72. The van der Waals surface area contributed by atoms with Gasteiger partial charge in [-0.3, -0.25) is 0 Å². The lowest BCUT2D eigenvalue weighted by Gasteiger charge is -2.30. The van der Waals surface area contributed by atoms with E-state index in [1.807, 2.05) is 0 Å². The predicted octanol–water partition coefficient (Wildman–Crippen LogP) is 2.56. The van der Waals surface area contributed by atoms with Crippen LogP contribution in [0.3, 0.4) is 0 Å². The van der Waals surface area contributed by atoms with Crippen molar-refractivity contribution in [1.29, 1.82) is 0 Å². The van der Waals surface area contributed by atoms with Gasteiger partial charge in [-0.2, -0.15) is 0 Å². The van der Waals surface area contributed by atoms with Gasteiger partial charge in [0.05, 0.1) is 11.5 Å². The van der Waals surface area contributed by atoms with Gasteiger partial charge < -0.3 is 5.11 Å². The fourth-order valence-corrected chi connectivity index (χ4v) is 4.29. The van der Waals surface area contributed by atoms with Gasteiger partial charge in [0.2, 0.25) is 10.0 Å². The summed E-state index contributed by atoms with van der Waals surface area (Å²) in [6.07, 6.45) is 3.37. The Labute approximate surface area is 125 Å². The molecule has 6 heteroatoms. The molecule has 0 heterocycles. The molecule has 1 N–H and O–H groups in total. The molecule has 1 saturated carbocycles. The smallest absolute Gasteiger partial charge is 0.243 e. The minimum atomic E-state index is -3.56. The fraction of sp³-hybridized carbons (Fsp3) is 0.571. The molecule has 2 rings (SSSR count). The minimum absolute atomic E-state index is 0.191. The molecule has 112 valence electrons. The van der Waals surface area contributed by atoms with Gasteiger partial charge in [0.25, 0.3) is 0 Å². The summed E-state index contributed by atoms with van der Waals surface area (Å²) < 4.78 is 26.7. The molecule has 1 aromatic carbocycles. The summed E-state index contributed by atoms with van der Waals surface area (Å²) in [6.45, 7) is 2.02. The molecule has 0 bridgehead atoms. The maximum absolute atomic E-state index is 12.6. The first-order valence-corrected chi connectivity index (χ1v) is 8.54. The molecule has 0 amide bonds. The second-order valence-electron chi connectivity index (χ2n) is 5.43. The maximum Gasteiger partial charge on any atom is 0.243 e. The molecule has 1 aliphatic rings. The number of aliphatic hydroxyl groups is 1. The highest BCUT2D eigenvalue weighted by molar-refractivity contribution is 7.89. The molecule has 0 aliphatic heterocycles. The van der Waals surface area contributed by atoms with Gasteiger partial charge in [-0.05, 0) is 48.9 Å². The van der Waals surface area contributed by atoms with Crippen molar-refractivity contribution in [3.63, 3.8) is 0 Å². The monoisotopic (exact) mass is 317 g/mol. The van der Waals surface area contributed by atoms with E-state index in [0.717, 1.165) is 12.8 Å². The van der Waals surface area contributed by atoms with E-state index in [1.165, 1.54) is 16.8 Å². The van der Waals surface area contributed by atoms with E-state index in [9.17, 15) is 13.5 Å². The Hall–Kier alpha value is -0.620. The third-order valence-electron chi connectivity index (χ3n) is 4.03. The summed E-state index contributed by atoms with van der Waals surface area (Å²) in [4.78, 5) is 0.191. The first kappa shape index (κ1) is 15.8. The van der Waals surface area contributed by atoms with Crippen LogP contribution in [0.5, 0.6) is 0 Å². The van der Waals surface area contributed by atoms with Crippen LogP contribution in [0.15, 0.2) is 17.0 Å². The van der Waals surface area contributed by atoms with Crippen LogP contribution in [-0.4, -0.2) is 31.4 Å². The zero-order valence-electron chi connectivity index (χ0n) is 11.8. The van der Waals surface area contributed by atoms with E-state index in [2.05, 4.69) is 0 Å². The SMILES string of the molecule is Cc1c(CO)cc(Cl)cc1S(=O)(=O)N(C)CC1CCC1. The third kappa shape index (κ3) is 3.01. The number of hydrogen-bond acceptors (Lipinski definition) is 3. The van der Waals surface area contributed by atoms with Crippen molar-refractivity contribution in [2.24, 2.45) is 5.92 Å².